The van der Waals surface area contributed by atoms with Gasteiger partial charge in [0.15, 0.2) is 17.5 Å². The molecule has 1 aromatic carbocycles. The lowest BCUT2D eigenvalue weighted by Gasteiger charge is -2.10. The van der Waals surface area contributed by atoms with Crippen molar-refractivity contribution < 1.29 is 8.78 Å². The van der Waals surface area contributed by atoms with Gasteiger partial charge in [0.1, 0.15) is 5.82 Å². The zero-order valence-corrected chi connectivity index (χ0v) is 11.8. The third kappa shape index (κ3) is 2.92. The molecule has 0 saturated carbocycles. The molecule has 0 unspecified atom stereocenters. The molecule has 3 nitrogen and oxygen atoms in total. The first kappa shape index (κ1) is 14.4. The van der Waals surface area contributed by atoms with Crippen LogP contribution in [0.1, 0.15) is 24.6 Å². The summed E-state index contributed by atoms with van der Waals surface area (Å²) in [4.78, 5) is 8.33. The standard InChI is InChI=1S/C15H17F2N3/c1-4-7-18-15-13(17)10(3)19-14(20-15)11-5-6-12(16)9(2)8-11/h5-6,8H,4,7H2,1-3H3,(H,18,19,20). The number of hydrogen-bond acceptors (Lipinski definition) is 3. The summed E-state index contributed by atoms with van der Waals surface area (Å²) in [5.41, 5.74) is 1.46. The van der Waals surface area contributed by atoms with Crippen LogP contribution in [0.15, 0.2) is 18.2 Å². The molecule has 5 heteroatoms. The van der Waals surface area contributed by atoms with Crippen molar-refractivity contribution in [3.8, 4) is 11.4 Å². The molecule has 0 aliphatic rings. The van der Waals surface area contributed by atoms with E-state index in [1.54, 1.807) is 26.0 Å². The average molecular weight is 277 g/mol. The molecule has 2 rings (SSSR count). The summed E-state index contributed by atoms with van der Waals surface area (Å²) in [5.74, 6) is -0.139. The second kappa shape index (κ2) is 5.94. The van der Waals surface area contributed by atoms with E-state index in [1.807, 2.05) is 6.92 Å². The first-order valence-electron chi connectivity index (χ1n) is 6.57. The molecule has 0 fully saturated rings. The van der Waals surface area contributed by atoms with Crippen molar-refractivity contribution in [2.75, 3.05) is 11.9 Å². The molecule has 0 aliphatic heterocycles. The lowest BCUT2D eigenvalue weighted by molar-refractivity contribution is 0.605. The van der Waals surface area contributed by atoms with E-state index in [-0.39, 0.29) is 17.3 Å². The number of aromatic nitrogens is 2. The number of nitrogens with one attached hydrogen (secondary N) is 1. The van der Waals surface area contributed by atoms with Crippen LogP contribution in [0.5, 0.6) is 0 Å². The summed E-state index contributed by atoms with van der Waals surface area (Å²) in [6.45, 7) is 5.89. The minimum atomic E-state index is -0.443. The molecule has 0 radical (unpaired) electrons. The Morgan fingerprint density at radius 2 is 1.90 bits per heavy atom. The minimum Gasteiger partial charge on any atom is -0.368 e. The van der Waals surface area contributed by atoms with Crippen LogP contribution < -0.4 is 5.32 Å². The Balaban J connectivity index is 2.45. The van der Waals surface area contributed by atoms with Gasteiger partial charge in [0, 0.05) is 12.1 Å². The number of rotatable bonds is 4. The second-order valence-corrected chi connectivity index (χ2v) is 4.69. The van der Waals surface area contributed by atoms with Gasteiger partial charge in [-0.25, -0.2) is 18.7 Å². The number of halogens is 2. The molecule has 1 heterocycles. The maximum Gasteiger partial charge on any atom is 0.186 e. The predicted molar refractivity (Wildman–Crippen MR) is 75.6 cm³/mol. The van der Waals surface area contributed by atoms with Crippen LogP contribution in [0.3, 0.4) is 0 Å². The molecule has 0 bridgehead atoms. The first-order valence-corrected chi connectivity index (χ1v) is 6.57. The summed E-state index contributed by atoms with van der Waals surface area (Å²) < 4.78 is 27.2. The van der Waals surface area contributed by atoms with Gasteiger partial charge in [0.05, 0.1) is 5.69 Å². The molecule has 0 amide bonds. The van der Waals surface area contributed by atoms with E-state index in [0.717, 1.165) is 6.42 Å². The third-order valence-electron chi connectivity index (χ3n) is 2.98. The molecule has 1 N–H and O–H groups in total. The van der Waals surface area contributed by atoms with Crippen molar-refractivity contribution in [2.45, 2.75) is 27.2 Å². The Hall–Kier alpha value is -2.04. The van der Waals surface area contributed by atoms with E-state index < -0.39 is 5.82 Å². The van der Waals surface area contributed by atoms with Crippen LogP contribution in [-0.4, -0.2) is 16.5 Å². The maximum absolute atomic E-state index is 13.9. The van der Waals surface area contributed by atoms with E-state index in [9.17, 15) is 8.78 Å². The Morgan fingerprint density at radius 3 is 2.55 bits per heavy atom. The summed E-state index contributed by atoms with van der Waals surface area (Å²) >= 11 is 0. The normalized spacial score (nSPS) is 10.7. The van der Waals surface area contributed by atoms with Crippen LogP contribution in [0.4, 0.5) is 14.6 Å². The van der Waals surface area contributed by atoms with Crippen LogP contribution >= 0.6 is 0 Å². The Morgan fingerprint density at radius 1 is 1.15 bits per heavy atom. The average Bonchev–Trinajstić information content (AvgIpc) is 2.43. The molecule has 2 aromatic rings. The monoisotopic (exact) mass is 277 g/mol. The van der Waals surface area contributed by atoms with E-state index in [0.29, 0.717) is 23.5 Å². The van der Waals surface area contributed by atoms with Gasteiger partial charge in [0.2, 0.25) is 0 Å². The smallest absolute Gasteiger partial charge is 0.186 e. The van der Waals surface area contributed by atoms with Crippen molar-refractivity contribution >= 4 is 5.82 Å². The summed E-state index contributed by atoms with van der Waals surface area (Å²) in [5, 5.41) is 2.94. The highest BCUT2D eigenvalue weighted by Gasteiger charge is 2.13. The van der Waals surface area contributed by atoms with Crippen molar-refractivity contribution in [1.29, 1.82) is 0 Å². The molecule has 0 atom stereocenters. The number of aryl methyl sites for hydroxylation is 2. The Kier molecular flexibility index (Phi) is 4.27. The molecule has 0 aliphatic carbocycles. The van der Waals surface area contributed by atoms with E-state index >= 15 is 0 Å². The molecular weight excluding hydrogens is 260 g/mol. The molecule has 106 valence electrons. The highest BCUT2D eigenvalue weighted by atomic mass is 19.1. The summed E-state index contributed by atoms with van der Waals surface area (Å²) in [6, 6.07) is 4.62. The van der Waals surface area contributed by atoms with Crippen molar-refractivity contribution in [3.05, 3.63) is 41.1 Å². The fraction of sp³-hybridized carbons (Fsp3) is 0.333. The lowest BCUT2D eigenvalue weighted by atomic mass is 10.1. The van der Waals surface area contributed by atoms with E-state index in [2.05, 4.69) is 15.3 Å². The van der Waals surface area contributed by atoms with Crippen LogP contribution in [0.2, 0.25) is 0 Å². The van der Waals surface area contributed by atoms with Gasteiger partial charge in [-0.3, -0.25) is 0 Å². The first-order chi connectivity index (χ1) is 9.52. The van der Waals surface area contributed by atoms with E-state index in [4.69, 9.17) is 0 Å². The van der Waals surface area contributed by atoms with Crippen LogP contribution in [0.25, 0.3) is 11.4 Å². The largest absolute Gasteiger partial charge is 0.368 e. The predicted octanol–water partition coefficient (Wildman–Crippen LogP) is 3.86. The zero-order valence-electron chi connectivity index (χ0n) is 11.8. The fourth-order valence-corrected chi connectivity index (χ4v) is 1.83. The van der Waals surface area contributed by atoms with E-state index in [1.165, 1.54) is 6.07 Å². The maximum atomic E-state index is 13.9. The molecule has 0 spiro atoms. The van der Waals surface area contributed by atoms with Crippen molar-refractivity contribution in [1.82, 2.24) is 9.97 Å². The van der Waals surface area contributed by atoms with Gasteiger partial charge in [-0.2, -0.15) is 0 Å². The number of hydrogen-bond donors (Lipinski definition) is 1. The number of anilines is 1. The van der Waals surface area contributed by atoms with Gasteiger partial charge in [0.25, 0.3) is 0 Å². The lowest BCUT2D eigenvalue weighted by Crippen LogP contribution is -2.08. The molecule has 20 heavy (non-hydrogen) atoms. The molecular formula is C15H17F2N3. The van der Waals surface area contributed by atoms with Crippen molar-refractivity contribution in [2.24, 2.45) is 0 Å². The second-order valence-electron chi connectivity index (χ2n) is 4.69. The highest BCUT2D eigenvalue weighted by molar-refractivity contribution is 5.59. The summed E-state index contributed by atoms with van der Waals surface area (Å²) in [6.07, 6.45) is 0.869. The Labute approximate surface area is 117 Å². The topological polar surface area (TPSA) is 37.8 Å². The van der Waals surface area contributed by atoms with Gasteiger partial charge in [-0.15, -0.1) is 0 Å². The third-order valence-corrected chi connectivity index (χ3v) is 2.98. The number of nitrogens with zero attached hydrogens (tertiary/aromatic N) is 2. The highest BCUT2D eigenvalue weighted by Crippen LogP contribution is 2.22. The van der Waals surface area contributed by atoms with Crippen LogP contribution in [0, 0.1) is 25.5 Å². The van der Waals surface area contributed by atoms with Gasteiger partial charge in [-0.1, -0.05) is 6.92 Å². The molecule has 0 saturated heterocycles. The van der Waals surface area contributed by atoms with Gasteiger partial charge >= 0.3 is 0 Å². The Bertz CT molecular complexity index is 627. The SMILES string of the molecule is CCCNc1nc(-c2ccc(F)c(C)c2)nc(C)c1F. The fourth-order valence-electron chi connectivity index (χ4n) is 1.83. The quantitative estimate of drug-likeness (QED) is 0.922. The van der Waals surface area contributed by atoms with Crippen LogP contribution in [-0.2, 0) is 0 Å². The minimum absolute atomic E-state index is 0.191. The number of benzene rings is 1. The van der Waals surface area contributed by atoms with Gasteiger partial charge in [-0.05, 0) is 44.0 Å². The van der Waals surface area contributed by atoms with Gasteiger partial charge < -0.3 is 5.32 Å². The molecule has 1 aromatic heterocycles. The zero-order chi connectivity index (χ0) is 14.7. The van der Waals surface area contributed by atoms with Crippen molar-refractivity contribution in [3.63, 3.8) is 0 Å². The summed E-state index contributed by atoms with van der Waals surface area (Å²) in [7, 11) is 0.